The molecule has 4 aromatic rings. The summed E-state index contributed by atoms with van der Waals surface area (Å²) >= 11 is 0. The van der Waals surface area contributed by atoms with Gasteiger partial charge in [-0.1, -0.05) is 6.07 Å². The van der Waals surface area contributed by atoms with Crippen molar-refractivity contribution in [2.24, 2.45) is 0 Å². The van der Waals surface area contributed by atoms with Crippen molar-refractivity contribution in [2.45, 2.75) is 22.6 Å². The van der Waals surface area contributed by atoms with Crippen LogP contribution in [-0.4, -0.2) is 90.4 Å². The Morgan fingerprint density at radius 3 is 2.44 bits per heavy atom. The number of hydrogen-bond donors (Lipinski definition) is 2. The second-order valence-corrected chi connectivity index (χ2v) is 12.6. The number of carbonyl (C=O) groups excluding carboxylic acids is 1. The monoisotopic (exact) mass is 644 g/mol. The van der Waals surface area contributed by atoms with Crippen LogP contribution < -0.4 is 15.6 Å². The van der Waals surface area contributed by atoms with E-state index in [1.165, 1.54) is 29.2 Å². The van der Waals surface area contributed by atoms with Crippen molar-refractivity contribution in [1.29, 1.82) is 0 Å². The van der Waals surface area contributed by atoms with Crippen LogP contribution in [0.3, 0.4) is 0 Å². The van der Waals surface area contributed by atoms with Crippen molar-refractivity contribution in [3.63, 3.8) is 0 Å². The molecule has 0 aliphatic rings. The zero-order chi connectivity index (χ0) is 32.6. The van der Waals surface area contributed by atoms with Gasteiger partial charge in [0.1, 0.15) is 18.4 Å². The number of hydrogen-bond acceptors (Lipinski definition) is 9. The Bertz CT molecular complexity index is 1710. The number of sulfone groups is 1. The Balaban J connectivity index is 1.58. The summed E-state index contributed by atoms with van der Waals surface area (Å²) in [5.74, 6) is -2.43. The summed E-state index contributed by atoms with van der Waals surface area (Å²) in [7, 11) is 3.37. The largest absolute Gasteiger partial charge is 0.383 e. The van der Waals surface area contributed by atoms with E-state index in [9.17, 15) is 22.0 Å². The van der Waals surface area contributed by atoms with Gasteiger partial charge in [0.2, 0.25) is 9.84 Å². The molecule has 0 atom stereocenters. The summed E-state index contributed by atoms with van der Waals surface area (Å²) < 4.78 is 63.9. The van der Waals surface area contributed by atoms with Crippen molar-refractivity contribution >= 4 is 38.0 Å². The van der Waals surface area contributed by atoms with E-state index in [1.807, 2.05) is 33.3 Å². The first kappa shape index (κ1) is 33.8. The molecule has 1 aromatic heterocycles. The van der Waals surface area contributed by atoms with Gasteiger partial charge in [0.25, 0.3) is 5.91 Å². The van der Waals surface area contributed by atoms with Gasteiger partial charge >= 0.3 is 0 Å². The van der Waals surface area contributed by atoms with Crippen molar-refractivity contribution in [3.8, 4) is 0 Å². The van der Waals surface area contributed by atoms with E-state index in [0.717, 1.165) is 37.3 Å². The Kier molecular flexibility index (Phi) is 11.4. The van der Waals surface area contributed by atoms with Gasteiger partial charge < -0.3 is 24.6 Å². The molecule has 1 heterocycles. The summed E-state index contributed by atoms with van der Waals surface area (Å²) in [4.78, 5) is 18.5. The molecule has 14 heteroatoms. The third-order valence-electron chi connectivity index (χ3n) is 6.97. The molecule has 2 N–H and O–H groups in total. The topological polar surface area (TPSA) is 118 Å². The Morgan fingerprint density at radius 1 is 0.978 bits per heavy atom. The van der Waals surface area contributed by atoms with Crippen molar-refractivity contribution in [1.82, 2.24) is 14.8 Å². The number of fused-ring (bicyclic) bond motifs is 1. The van der Waals surface area contributed by atoms with Crippen LogP contribution in [0.25, 0.3) is 10.9 Å². The molecular formula is C31H38F2N6O5S. The number of aromatic nitrogens is 2. The number of nitrogens with zero attached hydrogens (tertiary/aromatic N) is 4. The van der Waals surface area contributed by atoms with E-state index in [-0.39, 0.29) is 11.7 Å². The van der Waals surface area contributed by atoms with Gasteiger partial charge in [-0.3, -0.25) is 4.79 Å². The highest BCUT2D eigenvalue weighted by molar-refractivity contribution is 7.91. The second kappa shape index (κ2) is 15.3. The highest BCUT2D eigenvalue weighted by atomic mass is 32.2. The molecule has 4 rings (SSSR count). The van der Waals surface area contributed by atoms with Crippen LogP contribution >= 0.6 is 0 Å². The molecule has 0 fully saturated rings. The molecule has 242 valence electrons. The number of carbonyl (C=O) groups is 1. The normalized spacial score (nSPS) is 11.7. The maximum absolute atomic E-state index is 13.7. The second-order valence-electron chi connectivity index (χ2n) is 10.7. The number of nitrogens with one attached hydrogen (secondary N) is 2. The molecule has 0 saturated carbocycles. The third kappa shape index (κ3) is 8.54. The summed E-state index contributed by atoms with van der Waals surface area (Å²) in [6, 6.07) is 11.7. The third-order valence-corrected chi connectivity index (χ3v) is 8.70. The van der Waals surface area contributed by atoms with Crippen molar-refractivity contribution < 1.29 is 31.5 Å². The molecule has 0 radical (unpaired) electrons. The van der Waals surface area contributed by atoms with Crippen LogP contribution in [0.1, 0.15) is 23.2 Å². The average molecular weight is 645 g/mol. The molecule has 0 spiro atoms. The van der Waals surface area contributed by atoms with Gasteiger partial charge in [-0.2, -0.15) is 9.89 Å². The number of rotatable bonds is 16. The van der Waals surface area contributed by atoms with E-state index < -0.39 is 32.3 Å². The summed E-state index contributed by atoms with van der Waals surface area (Å²) in [5, 5.41) is 8.04. The van der Waals surface area contributed by atoms with Crippen LogP contribution in [0.2, 0.25) is 0 Å². The molecule has 3 aromatic carbocycles. The first-order valence-electron chi connectivity index (χ1n) is 14.3. The van der Waals surface area contributed by atoms with Crippen molar-refractivity contribution in [2.75, 3.05) is 76.9 Å². The Morgan fingerprint density at radius 2 is 1.73 bits per heavy atom. The summed E-state index contributed by atoms with van der Waals surface area (Å²) in [6.45, 7) is 2.91. The zero-order valence-corrected chi connectivity index (χ0v) is 26.5. The smallest absolute Gasteiger partial charge is 0.273 e. The SMILES string of the molecule is COCOCCCNc1c(C(=O)Nn2ncc3cc(S(=O)(=O)c4cc(F)cc(F)c4)ccc32)cccc1N(C)CCCN(C)C. The Hall–Kier alpha value is -4.11. The zero-order valence-electron chi connectivity index (χ0n) is 25.7. The number of methoxy groups -OCH3 is 1. The Labute approximate surface area is 261 Å². The lowest BCUT2D eigenvalue weighted by Crippen LogP contribution is -2.27. The summed E-state index contributed by atoms with van der Waals surface area (Å²) in [5.41, 5.74) is 5.10. The van der Waals surface area contributed by atoms with E-state index in [0.29, 0.717) is 47.8 Å². The maximum Gasteiger partial charge on any atom is 0.273 e. The molecule has 11 nitrogen and oxygen atoms in total. The lowest BCUT2D eigenvalue weighted by atomic mass is 10.1. The molecule has 0 aliphatic carbocycles. The van der Waals surface area contributed by atoms with Crippen molar-refractivity contribution in [3.05, 3.63) is 78.0 Å². The molecule has 0 saturated heterocycles. The van der Waals surface area contributed by atoms with Crippen LogP contribution in [-0.2, 0) is 19.3 Å². The minimum atomic E-state index is -4.21. The van der Waals surface area contributed by atoms with E-state index in [4.69, 9.17) is 9.47 Å². The van der Waals surface area contributed by atoms with Crippen LogP contribution in [0.4, 0.5) is 20.2 Å². The predicted molar refractivity (Wildman–Crippen MR) is 169 cm³/mol. The molecule has 1 amide bonds. The fraction of sp³-hybridized carbons (Fsp3) is 0.355. The lowest BCUT2D eigenvalue weighted by molar-refractivity contribution is -0.0303. The number of para-hydroxylation sites is 1. The molecular weight excluding hydrogens is 606 g/mol. The highest BCUT2D eigenvalue weighted by Crippen LogP contribution is 2.30. The van der Waals surface area contributed by atoms with Gasteiger partial charge in [-0.25, -0.2) is 22.6 Å². The quantitative estimate of drug-likeness (QED) is 0.136. The number of ether oxygens (including phenoxy) is 2. The summed E-state index contributed by atoms with van der Waals surface area (Å²) in [6.07, 6.45) is 3.00. The van der Waals surface area contributed by atoms with Gasteiger partial charge in [0.15, 0.2) is 0 Å². The fourth-order valence-corrected chi connectivity index (χ4v) is 6.09. The first-order valence-corrected chi connectivity index (χ1v) is 15.8. The predicted octanol–water partition coefficient (Wildman–Crippen LogP) is 4.34. The van der Waals surface area contributed by atoms with Crippen LogP contribution in [0.5, 0.6) is 0 Å². The van der Waals surface area contributed by atoms with Crippen LogP contribution in [0.15, 0.2) is 70.6 Å². The lowest BCUT2D eigenvalue weighted by Gasteiger charge is -2.25. The number of anilines is 2. The minimum absolute atomic E-state index is 0.170. The van der Waals surface area contributed by atoms with Gasteiger partial charge in [0.05, 0.1) is 45.0 Å². The number of halogens is 2. The minimum Gasteiger partial charge on any atom is -0.383 e. The number of benzene rings is 3. The van der Waals surface area contributed by atoms with Crippen LogP contribution in [0, 0.1) is 11.6 Å². The van der Waals surface area contributed by atoms with Gasteiger partial charge in [-0.05, 0) is 75.9 Å². The van der Waals surface area contributed by atoms with E-state index >= 15 is 0 Å². The highest BCUT2D eigenvalue weighted by Gasteiger charge is 2.22. The number of amides is 1. The molecule has 45 heavy (non-hydrogen) atoms. The first-order chi connectivity index (χ1) is 21.5. The molecule has 0 unspecified atom stereocenters. The van der Waals surface area contributed by atoms with Gasteiger partial charge in [-0.15, -0.1) is 0 Å². The fourth-order valence-electron chi connectivity index (χ4n) is 4.75. The average Bonchev–Trinajstić information content (AvgIpc) is 3.39. The van der Waals surface area contributed by atoms with E-state index in [2.05, 4.69) is 25.6 Å². The van der Waals surface area contributed by atoms with E-state index in [1.54, 1.807) is 13.2 Å². The molecule has 0 aliphatic heterocycles. The van der Waals surface area contributed by atoms with Gasteiger partial charge in [0, 0.05) is 38.7 Å². The molecule has 0 bridgehead atoms. The maximum atomic E-state index is 13.7. The standard InChI is InChI=1S/C31H38F2N6O5S/c1-37(2)13-7-14-38(3)29-9-5-8-27(30(29)34-12-6-15-44-21-43-4)31(40)36-39-28-11-10-25(16-22(28)20-35-39)45(41,42)26-18-23(32)17-24(33)19-26/h5,8-11,16-20,34H,6-7,12-15,21H2,1-4H3,(H,36,40).